The Morgan fingerprint density at radius 2 is 2.00 bits per heavy atom. The quantitative estimate of drug-likeness (QED) is 0.527. The molecule has 0 unspecified atom stereocenters. The van der Waals surface area contributed by atoms with Gasteiger partial charge >= 0.3 is 0 Å². The van der Waals surface area contributed by atoms with E-state index in [0.29, 0.717) is 22.9 Å². The Hall–Kier alpha value is -3.23. The highest BCUT2D eigenvalue weighted by molar-refractivity contribution is 5.95. The van der Waals surface area contributed by atoms with Crippen LogP contribution in [0.1, 0.15) is 18.4 Å². The number of carbonyl (C=O) groups excluding carboxylic acids is 2. The van der Waals surface area contributed by atoms with Crippen LogP contribution in [0, 0.1) is 12.7 Å². The molecule has 3 rings (SSSR count). The first kappa shape index (κ1) is 23.1. The summed E-state index contributed by atoms with van der Waals surface area (Å²) < 4.78 is 19.1. The monoisotopic (exact) mass is 432 g/mol. The number of nitrogens with two attached hydrogens (primary N) is 2. The van der Waals surface area contributed by atoms with Crippen molar-refractivity contribution >= 4 is 29.9 Å². The van der Waals surface area contributed by atoms with E-state index in [2.05, 4.69) is 10.3 Å². The van der Waals surface area contributed by atoms with Crippen LogP contribution in [0.25, 0.3) is 22.8 Å². The van der Waals surface area contributed by atoms with Crippen LogP contribution in [-0.2, 0) is 9.59 Å². The molecule has 1 aromatic heterocycles. The molecule has 2 amide bonds. The largest absolute Gasteiger partial charge is 0.436 e. The van der Waals surface area contributed by atoms with Crippen LogP contribution >= 0.6 is 12.4 Å². The maximum Gasteiger partial charge on any atom is 0.241 e. The summed E-state index contributed by atoms with van der Waals surface area (Å²) in [5.41, 5.74) is 13.5. The first-order valence-corrected chi connectivity index (χ1v) is 9.01. The molecule has 5 N–H and O–H groups in total. The molecule has 0 saturated heterocycles. The molecule has 0 spiro atoms. The molecule has 0 saturated carbocycles. The van der Waals surface area contributed by atoms with Crippen molar-refractivity contribution in [2.24, 2.45) is 11.5 Å². The number of hydrogen-bond acceptors (Lipinski definition) is 5. The van der Waals surface area contributed by atoms with E-state index >= 15 is 0 Å². The highest BCUT2D eigenvalue weighted by Gasteiger charge is 2.16. The second-order valence-corrected chi connectivity index (χ2v) is 6.67. The van der Waals surface area contributed by atoms with E-state index in [1.165, 1.54) is 12.1 Å². The normalized spacial score (nSPS) is 11.4. The Morgan fingerprint density at radius 1 is 1.23 bits per heavy atom. The van der Waals surface area contributed by atoms with Crippen LogP contribution in [0.4, 0.5) is 10.1 Å². The number of benzene rings is 2. The number of primary amides is 1. The first-order chi connectivity index (χ1) is 13.8. The topological polar surface area (TPSA) is 124 Å². The third-order valence-electron chi connectivity index (χ3n) is 4.38. The summed E-state index contributed by atoms with van der Waals surface area (Å²) in [4.78, 5) is 27.3. The third kappa shape index (κ3) is 5.65. The zero-order valence-corrected chi connectivity index (χ0v) is 17.0. The molecule has 0 fully saturated rings. The van der Waals surface area contributed by atoms with Crippen LogP contribution < -0.4 is 16.8 Å². The fourth-order valence-corrected chi connectivity index (χ4v) is 2.83. The van der Waals surface area contributed by atoms with Crippen molar-refractivity contribution in [1.82, 2.24) is 4.98 Å². The zero-order chi connectivity index (χ0) is 21.0. The number of oxazole rings is 1. The second kappa shape index (κ2) is 10.00. The molecule has 9 heteroatoms. The highest BCUT2D eigenvalue weighted by atomic mass is 35.5. The predicted octanol–water partition coefficient (Wildman–Crippen LogP) is 3.41. The standard InChI is InChI=1S/C21H21FN4O3.ClH/c1-12-9-14(22)5-6-16(12)18-11-25-21(29-18)13-3-2-4-15(10-13)26-20(28)17(23)7-8-19(24)27;/h2-6,9-11,17H,7-8,23H2,1H3,(H2,24,27)(H,26,28);1H/t17-;/m0./s1. The van der Waals surface area contributed by atoms with Gasteiger partial charge in [0, 0.05) is 23.2 Å². The molecular formula is C21H22ClFN4O3. The van der Waals surface area contributed by atoms with Crippen molar-refractivity contribution in [1.29, 1.82) is 0 Å². The molecule has 0 aliphatic rings. The summed E-state index contributed by atoms with van der Waals surface area (Å²) in [7, 11) is 0. The highest BCUT2D eigenvalue weighted by Crippen LogP contribution is 2.29. The molecular weight excluding hydrogens is 411 g/mol. The average molecular weight is 433 g/mol. The van der Waals surface area contributed by atoms with Crippen molar-refractivity contribution in [3.05, 3.63) is 60.0 Å². The number of halogens is 2. The van der Waals surface area contributed by atoms with E-state index in [1.54, 1.807) is 43.5 Å². The van der Waals surface area contributed by atoms with Gasteiger partial charge in [-0.15, -0.1) is 12.4 Å². The van der Waals surface area contributed by atoms with E-state index in [-0.39, 0.29) is 31.1 Å². The van der Waals surface area contributed by atoms with Gasteiger partial charge in [-0.2, -0.15) is 0 Å². The van der Waals surface area contributed by atoms with Crippen LogP contribution in [0.3, 0.4) is 0 Å². The van der Waals surface area contributed by atoms with Gasteiger partial charge in [0.1, 0.15) is 5.82 Å². The van der Waals surface area contributed by atoms with E-state index in [9.17, 15) is 14.0 Å². The Morgan fingerprint density at radius 3 is 2.70 bits per heavy atom. The molecule has 0 aliphatic carbocycles. The lowest BCUT2D eigenvalue weighted by Gasteiger charge is -2.11. The molecule has 2 aromatic carbocycles. The minimum absolute atomic E-state index is 0. The molecule has 158 valence electrons. The molecule has 0 bridgehead atoms. The van der Waals surface area contributed by atoms with Crippen molar-refractivity contribution < 1.29 is 18.4 Å². The number of carbonyl (C=O) groups is 2. The summed E-state index contributed by atoms with van der Waals surface area (Å²) in [6.07, 6.45) is 1.78. The molecule has 0 aliphatic heterocycles. The van der Waals surface area contributed by atoms with Crippen LogP contribution in [0.15, 0.2) is 53.1 Å². The van der Waals surface area contributed by atoms with Gasteiger partial charge in [0.15, 0.2) is 5.76 Å². The predicted molar refractivity (Wildman–Crippen MR) is 114 cm³/mol. The van der Waals surface area contributed by atoms with Crippen LogP contribution in [-0.4, -0.2) is 22.8 Å². The number of aryl methyl sites for hydroxylation is 1. The van der Waals surface area contributed by atoms with Gasteiger partial charge in [0.05, 0.1) is 12.2 Å². The summed E-state index contributed by atoms with van der Waals surface area (Å²) in [5, 5.41) is 2.70. The van der Waals surface area contributed by atoms with Crippen molar-refractivity contribution in [2.75, 3.05) is 5.32 Å². The molecule has 30 heavy (non-hydrogen) atoms. The summed E-state index contributed by atoms with van der Waals surface area (Å²) in [5.74, 6) is -0.369. The first-order valence-electron chi connectivity index (χ1n) is 9.01. The van der Waals surface area contributed by atoms with E-state index in [1.807, 2.05) is 0 Å². The lowest BCUT2D eigenvalue weighted by molar-refractivity contribution is -0.119. The second-order valence-electron chi connectivity index (χ2n) is 6.67. The van der Waals surface area contributed by atoms with Gasteiger partial charge in [-0.25, -0.2) is 9.37 Å². The van der Waals surface area contributed by atoms with Gasteiger partial charge in [-0.05, 0) is 55.3 Å². The Balaban J connectivity index is 0.00000320. The summed E-state index contributed by atoms with van der Waals surface area (Å²) in [6.45, 7) is 1.79. The average Bonchev–Trinajstić information content (AvgIpc) is 3.16. The Bertz CT molecular complexity index is 1050. The van der Waals surface area contributed by atoms with Gasteiger partial charge < -0.3 is 21.2 Å². The SMILES string of the molecule is Cc1cc(F)ccc1-c1cnc(-c2cccc(NC(=O)[C@@H](N)CCC(N)=O)c2)o1.Cl. The molecule has 0 radical (unpaired) electrons. The van der Waals surface area contributed by atoms with E-state index < -0.39 is 17.9 Å². The van der Waals surface area contributed by atoms with Gasteiger partial charge in [-0.3, -0.25) is 9.59 Å². The van der Waals surface area contributed by atoms with Gasteiger partial charge in [-0.1, -0.05) is 6.07 Å². The molecule has 7 nitrogen and oxygen atoms in total. The molecule has 1 atom stereocenters. The van der Waals surface area contributed by atoms with E-state index in [0.717, 1.165) is 11.1 Å². The van der Waals surface area contributed by atoms with Crippen LogP contribution in [0.2, 0.25) is 0 Å². The molecule has 3 aromatic rings. The fraction of sp³-hybridized carbons (Fsp3) is 0.190. The minimum atomic E-state index is -0.846. The number of anilines is 1. The lowest BCUT2D eigenvalue weighted by Crippen LogP contribution is -2.36. The fourth-order valence-electron chi connectivity index (χ4n) is 2.83. The Kier molecular flexibility index (Phi) is 7.68. The number of nitrogens with one attached hydrogen (secondary N) is 1. The van der Waals surface area contributed by atoms with Crippen molar-refractivity contribution in [3.8, 4) is 22.8 Å². The zero-order valence-electron chi connectivity index (χ0n) is 16.2. The maximum atomic E-state index is 13.3. The number of nitrogens with zero attached hydrogens (tertiary/aromatic N) is 1. The maximum absolute atomic E-state index is 13.3. The molecule has 1 heterocycles. The minimum Gasteiger partial charge on any atom is -0.436 e. The number of rotatable bonds is 7. The number of aromatic nitrogens is 1. The van der Waals surface area contributed by atoms with E-state index in [4.69, 9.17) is 15.9 Å². The lowest BCUT2D eigenvalue weighted by atomic mass is 10.1. The van der Waals surface area contributed by atoms with Crippen LogP contribution in [0.5, 0.6) is 0 Å². The van der Waals surface area contributed by atoms with Gasteiger partial charge in [0.2, 0.25) is 17.7 Å². The summed E-state index contributed by atoms with van der Waals surface area (Å²) in [6, 6.07) is 10.5. The number of hydrogen-bond donors (Lipinski definition) is 3. The summed E-state index contributed by atoms with van der Waals surface area (Å²) >= 11 is 0. The Labute approximate surface area is 179 Å². The third-order valence-corrected chi connectivity index (χ3v) is 4.38. The van der Waals surface area contributed by atoms with Gasteiger partial charge in [0.25, 0.3) is 0 Å². The van der Waals surface area contributed by atoms with Crippen molar-refractivity contribution in [3.63, 3.8) is 0 Å². The smallest absolute Gasteiger partial charge is 0.241 e. The van der Waals surface area contributed by atoms with Crippen molar-refractivity contribution in [2.45, 2.75) is 25.8 Å². The number of amides is 2.